The van der Waals surface area contributed by atoms with Crippen LogP contribution in [0, 0.1) is 5.92 Å². The summed E-state index contributed by atoms with van der Waals surface area (Å²) < 4.78 is 0. The second-order valence-corrected chi connectivity index (χ2v) is 5.59. The number of carbonyl (C=O) groups excluding carboxylic acids is 1. The van der Waals surface area contributed by atoms with Gasteiger partial charge in [0.2, 0.25) is 5.91 Å². The molecular formula is C14H25NO3. The van der Waals surface area contributed by atoms with Gasteiger partial charge in [0.1, 0.15) is 0 Å². The average molecular weight is 255 g/mol. The van der Waals surface area contributed by atoms with E-state index in [4.69, 9.17) is 5.11 Å². The highest BCUT2D eigenvalue weighted by atomic mass is 16.4. The van der Waals surface area contributed by atoms with Gasteiger partial charge < -0.3 is 10.4 Å². The monoisotopic (exact) mass is 255 g/mol. The molecule has 1 unspecified atom stereocenters. The van der Waals surface area contributed by atoms with Crippen LogP contribution in [0.5, 0.6) is 0 Å². The molecule has 0 saturated heterocycles. The zero-order valence-electron chi connectivity index (χ0n) is 11.5. The molecule has 1 aliphatic carbocycles. The summed E-state index contributed by atoms with van der Waals surface area (Å²) in [4.78, 5) is 23.1. The number of carbonyl (C=O) groups is 2. The van der Waals surface area contributed by atoms with Crippen molar-refractivity contribution in [2.45, 2.75) is 70.8 Å². The molecular weight excluding hydrogens is 230 g/mol. The maximum Gasteiger partial charge on any atom is 0.305 e. The maximum absolute atomic E-state index is 12.1. The largest absolute Gasteiger partial charge is 0.481 e. The molecule has 1 fully saturated rings. The first kappa shape index (κ1) is 15.0. The fraction of sp³-hybridized carbons (Fsp3) is 0.857. The van der Waals surface area contributed by atoms with E-state index in [0.29, 0.717) is 0 Å². The first-order valence-corrected chi connectivity index (χ1v) is 7.03. The summed E-state index contributed by atoms with van der Waals surface area (Å²) in [7, 11) is 0. The van der Waals surface area contributed by atoms with E-state index in [1.54, 1.807) is 0 Å². The third kappa shape index (κ3) is 4.31. The number of aliphatic carboxylic acids is 1. The van der Waals surface area contributed by atoms with Crippen LogP contribution in [-0.2, 0) is 9.59 Å². The Morgan fingerprint density at radius 3 is 2.39 bits per heavy atom. The quantitative estimate of drug-likeness (QED) is 0.767. The Bertz CT molecular complexity index is 295. The molecule has 0 aromatic carbocycles. The SMILES string of the molecule is CCCC(C)C(=O)NC1(CC(=O)O)CCCCC1. The van der Waals surface area contributed by atoms with Gasteiger partial charge in [0.05, 0.1) is 12.0 Å². The van der Waals surface area contributed by atoms with Gasteiger partial charge in [-0.2, -0.15) is 0 Å². The molecule has 2 N–H and O–H groups in total. The molecule has 0 aromatic rings. The van der Waals surface area contributed by atoms with Crippen LogP contribution in [0.4, 0.5) is 0 Å². The summed E-state index contributed by atoms with van der Waals surface area (Å²) in [5.41, 5.74) is -0.497. The Hall–Kier alpha value is -1.06. The molecule has 18 heavy (non-hydrogen) atoms. The fourth-order valence-corrected chi connectivity index (χ4v) is 2.81. The smallest absolute Gasteiger partial charge is 0.305 e. The molecule has 4 nitrogen and oxygen atoms in total. The zero-order chi connectivity index (χ0) is 13.6. The Morgan fingerprint density at radius 2 is 1.89 bits per heavy atom. The maximum atomic E-state index is 12.1. The predicted octanol–water partition coefficient (Wildman–Crippen LogP) is 2.72. The summed E-state index contributed by atoms with van der Waals surface area (Å²) in [6.07, 6.45) is 6.63. The van der Waals surface area contributed by atoms with Gasteiger partial charge >= 0.3 is 5.97 Å². The second-order valence-electron chi connectivity index (χ2n) is 5.59. The molecule has 1 amide bonds. The summed E-state index contributed by atoms with van der Waals surface area (Å²) in [6.45, 7) is 3.97. The van der Waals surface area contributed by atoms with E-state index in [9.17, 15) is 9.59 Å². The lowest BCUT2D eigenvalue weighted by molar-refractivity contribution is -0.140. The molecule has 104 valence electrons. The molecule has 1 aliphatic rings. The van der Waals surface area contributed by atoms with Crippen LogP contribution in [-0.4, -0.2) is 22.5 Å². The van der Waals surface area contributed by atoms with Crippen LogP contribution in [0.25, 0.3) is 0 Å². The minimum absolute atomic E-state index is 0.0139. The number of hydrogen-bond donors (Lipinski definition) is 2. The highest BCUT2D eigenvalue weighted by molar-refractivity contribution is 5.80. The van der Waals surface area contributed by atoms with Gasteiger partial charge in [0, 0.05) is 5.92 Å². The fourth-order valence-electron chi connectivity index (χ4n) is 2.81. The highest BCUT2D eigenvalue weighted by Crippen LogP contribution is 2.31. The van der Waals surface area contributed by atoms with Gasteiger partial charge in [0.25, 0.3) is 0 Å². The number of amides is 1. The molecule has 0 heterocycles. The van der Waals surface area contributed by atoms with Gasteiger partial charge in [-0.3, -0.25) is 9.59 Å². The molecule has 1 saturated carbocycles. The van der Waals surface area contributed by atoms with Crippen LogP contribution in [0.1, 0.15) is 65.2 Å². The second kappa shape index (κ2) is 6.76. The lowest BCUT2D eigenvalue weighted by atomic mass is 9.79. The Morgan fingerprint density at radius 1 is 1.28 bits per heavy atom. The topological polar surface area (TPSA) is 66.4 Å². The normalized spacial score (nSPS) is 20.1. The summed E-state index contributed by atoms with van der Waals surface area (Å²) in [6, 6.07) is 0. The molecule has 1 rings (SSSR count). The van der Waals surface area contributed by atoms with Crippen molar-refractivity contribution in [1.29, 1.82) is 0 Å². The van der Waals surface area contributed by atoms with E-state index in [1.165, 1.54) is 0 Å². The van der Waals surface area contributed by atoms with E-state index >= 15 is 0 Å². The first-order chi connectivity index (χ1) is 8.49. The average Bonchev–Trinajstić information content (AvgIpc) is 2.29. The van der Waals surface area contributed by atoms with Gasteiger partial charge in [-0.1, -0.05) is 39.5 Å². The van der Waals surface area contributed by atoms with Crippen molar-refractivity contribution in [2.24, 2.45) is 5.92 Å². The van der Waals surface area contributed by atoms with E-state index in [-0.39, 0.29) is 18.2 Å². The zero-order valence-corrected chi connectivity index (χ0v) is 11.5. The third-order valence-electron chi connectivity index (χ3n) is 3.86. The number of hydrogen-bond acceptors (Lipinski definition) is 2. The van der Waals surface area contributed by atoms with Gasteiger partial charge in [0.15, 0.2) is 0 Å². The number of rotatable bonds is 6. The molecule has 0 aromatic heterocycles. The van der Waals surface area contributed by atoms with Crippen molar-refractivity contribution < 1.29 is 14.7 Å². The van der Waals surface area contributed by atoms with Crippen molar-refractivity contribution in [1.82, 2.24) is 5.32 Å². The molecule has 0 bridgehead atoms. The third-order valence-corrected chi connectivity index (χ3v) is 3.86. The standard InChI is InChI=1S/C14H25NO3/c1-3-7-11(2)13(18)15-14(10-12(16)17)8-5-4-6-9-14/h11H,3-10H2,1-2H3,(H,15,18)(H,16,17). The van der Waals surface area contributed by atoms with Crippen molar-refractivity contribution in [3.05, 3.63) is 0 Å². The van der Waals surface area contributed by atoms with E-state index in [2.05, 4.69) is 12.2 Å². The van der Waals surface area contributed by atoms with Crippen LogP contribution in [0.3, 0.4) is 0 Å². The number of nitrogens with one attached hydrogen (secondary N) is 1. The Kier molecular flexibility index (Phi) is 5.63. The molecule has 4 heteroatoms. The van der Waals surface area contributed by atoms with Gasteiger partial charge in [-0.15, -0.1) is 0 Å². The van der Waals surface area contributed by atoms with E-state index in [1.807, 2.05) is 6.92 Å². The first-order valence-electron chi connectivity index (χ1n) is 7.03. The van der Waals surface area contributed by atoms with Crippen LogP contribution >= 0.6 is 0 Å². The molecule has 0 radical (unpaired) electrons. The predicted molar refractivity (Wildman–Crippen MR) is 70.3 cm³/mol. The molecule has 0 spiro atoms. The van der Waals surface area contributed by atoms with Crippen LogP contribution < -0.4 is 5.32 Å². The summed E-state index contributed by atoms with van der Waals surface area (Å²) in [5, 5.41) is 12.1. The van der Waals surface area contributed by atoms with Crippen molar-refractivity contribution in [3.8, 4) is 0 Å². The minimum Gasteiger partial charge on any atom is -0.481 e. The lowest BCUT2D eigenvalue weighted by Crippen LogP contribution is -2.52. The van der Waals surface area contributed by atoms with Crippen LogP contribution in [0.15, 0.2) is 0 Å². The number of carboxylic acid groups (broad SMARTS) is 1. The van der Waals surface area contributed by atoms with E-state index in [0.717, 1.165) is 44.9 Å². The van der Waals surface area contributed by atoms with Crippen molar-refractivity contribution in [3.63, 3.8) is 0 Å². The van der Waals surface area contributed by atoms with Gasteiger partial charge in [-0.25, -0.2) is 0 Å². The van der Waals surface area contributed by atoms with Gasteiger partial charge in [-0.05, 0) is 19.3 Å². The molecule has 1 atom stereocenters. The Labute approximate surface area is 109 Å². The van der Waals surface area contributed by atoms with E-state index < -0.39 is 11.5 Å². The minimum atomic E-state index is -0.819. The summed E-state index contributed by atoms with van der Waals surface area (Å²) in [5.74, 6) is -0.831. The highest BCUT2D eigenvalue weighted by Gasteiger charge is 2.36. The van der Waals surface area contributed by atoms with Crippen molar-refractivity contribution in [2.75, 3.05) is 0 Å². The Balaban J connectivity index is 2.66. The van der Waals surface area contributed by atoms with Crippen LogP contribution in [0.2, 0.25) is 0 Å². The lowest BCUT2D eigenvalue weighted by Gasteiger charge is -2.37. The molecule has 0 aliphatic heterocycles. The number of carboxylic acids is 1. The summed E-state index contributed by atoms with van der Waals surface area (Å²) >= 11 is 0. The van der Waals surface area contributed by atoms with Crippen molar-refractivity contribution >= 4 is 11.9 Å².